The van der Waals surface area contributed by atoms with Crippen LogP contribution in [-0.4, -0.2) is 38.3 Å². The molecule has 0 saturated carbocycles. The second kappa shape index (κ2) is 7.44. The van der Waals surface area contributed by atoms with Gasteiger partial charge >= 0.3 is 0 Å². The van der Waals surface area contributed by atoms with Gasteiger partial charge in [-0.05, 0) is 19.4 Å². The zero-order valence-electron chi connectivity index (χ0n) is 11.5. The number of pyridine rings is 1. The van der Waals surface area contributed by atoms with Crippen LogP contribution < -0.4 is 10.1 Å². The lowest BCUT2D eigenvalue weighted by atomic mass is 10.4. The molecule has 0 spiro atoms. The highest BCUT2D eigenvalue weighted by Gasteiger charge is 2.01. The number of hydrogen-bond donors (Lipinski definition) is 2. The van der Waals surface area contributed by atoms with Gasteiger partial charge in [-0.1, -0.05) is 5.21 Å². The van der Waals surface area contributed by atoms with E-state index in [4.69, 9.17) is 9.84 Å². The Kier molecular flexibility index (Phi) is 5.31. The molecule has 2 aromatic rings. The quantitative estimate of drug-likeness (QED) is 0.750. The van der Waals surface area contributed by atoms with Crippen molar-refractivity contribution < 1.29 is 9.84 Å². The number of aliphatic hydroxyl groups is 1. The molecule has 2 N–H and O–H groups in total. The van der Waals surface area contributed by atoms with Crippen LogP contribution in [0, 0.1) is 0 Å². The number of ether oxygens (including phenoxy) is 1. The number of nitrogens with one attached hydrogen (secondary N) is 1. The van der Waals surface area contributed by atoms with E-state index in [1.165, 1.54) is 0 Å². The average molecular weight is 277 g/mol. The number of aryl methyl sites for hydroxylation is 1. The van der Waals surface area contributed by atoms with Crippen molar-refractivity contribution in [2.75, 3.05) is 18.5 Å². The van der Waals surface area contributed by atoms with Gasteiger partial charge in [0.05, 0.1) is 31.2 Å². The summed E-state index contributed by atoms with van der Waals surface area (Å²) in [5, 5.41) is 20.0. The number of rotatable bonds is 8. The van der Waals surface area contributed by atoms with E-state index in [1.807, 2.05) is 25.3 Å². The van der Waals surface area contributed by atoms with Crippen molar-refractivity contribution in [2.45, 2.75) is 26.4 Å². The summed E-state index contributed by atoms with van der Waals surface area (Å²) in [4.78, 5) is 4.17. The predicted molar refractivity (Wildman–Crippen MR) is 74.5 cm³/mol. The van der Waals surface area contributed by atoms with Crippen molar-refractivity contribution in [3.05, 3.63) is 30.2 Å². The highest BCUT2D eigenvalue weighted by molar-refractivity contribution is 5.42. The summed E-state index contributed by atoms with van der Waals surface area (Å²) in [6.07, 6.45) is 4.27. The van der Waals surface area contributed by atoms with E-state index in [0.717, 1.165) is 11.4 Å². The third-order valence-electron chi connectivity index (χ3n) is 2.63. The lowest BCUT2D eigenvalue weighted by Crippen LogP contribution is -2.01. The van der Waals surface area contributed by atoms with Gasteiger partial charge in [0.25, 0.3) is 0 Å². The van der Waals surface area contributed by atoms with E-state index < -0.39 is 0 Å². The number of aliphatic hydroxyl groups excluding tert-OH is 1. The van der Waals surface area contributed by atoms with Crippen LogP contribution in [0.25, 0.3) is 0 Å². The molecule has 0 fully saturated rings. The van der Waals surface area contributed by atoms with E-state index in [-0.39, 0.29) is 6.61 Å². The molecule has 2 aromatic heterocycles. The summed E-state index contributed by atoms with van der Waals surface area (Å²) in [6.45, 7) is 3.94. The summed E-state index contributed by atoms with van der Waals surface area (Å²) in [7, 11) is 0. The molecule has 0 atom stereocenters. The van der Waals surface area contributed by atoms with Crippen LogP contribution in [0.2, 0.25) is 0 Å². The molecule has 7 nitrogen and oxygen atoms in total. The molecule has 0 saturated heterocycles. The first-order valence-corrected chi connectivity index (χ1v) is 6.64. The van der Waals surface area contributed by atoms with Crippen molar-refractivity contribution in [1.29, 1.82) is 0 Å². The van der Waals surface area contributed by atoms with Gasteiger partial charge in [0.15, 0.2) is 0 Å². The van der Waals surface area contributed by atoms with Gasteiger partial charge in [-0.3, -0.25) is 4.68 Å². The fraction of sp³-hybridized carbons (Fsp3) is 0.462. The molecule has 0 aromatic carbocycles. The lowest BCUT2D eigenvalue weighted by molar-refractivity contribution is 0.276. The fourth-order valence-corrected chi connectivity index (χ4v) is 1.67. The Morgan fingerprint density at radius 1 is 1.40 bits per heavy atom. The number of nitrogens with zero attached hydrogens (tertiary/aromatic N) is 4. The second-order valence-corrected chi connectivity index (χ2v) is 4.22. The van der Waals surface area contributed by atoms with E-state index in [0.29, 0.717) is 32.0 Å². The van der Waals surface area contributed by atoms with Crippen LogP contribution in [-0.2, 0) is 13.1 Å². The molecule has 0 aliphatic heterocycles. The van der Waals surface area contributed by atoms with Crippen LogP contribution in [0.15, 0.2) is 24.5 Å². The van der Waals surface area contributed by atoms with Gasteiger partial charge < -0.3 is 15.2 Å². The molecule has 2 heterocycles. The Morgan fingerprint density at radius 3 is 3.00 bits per heavy atom. The average Bonchev–Trinajstić information content (AvgIpc) is 2.93. The van der Waals surface area contributed by atoms with Gasteiger partial charge in [0, 0.05) is 19.2 Å². The first-order valence-electron chi connectivity index (χ1n) is 6.64. The first-order chi connectivity index (χ1) is 9.81. The molecule has 20 heavy (non-hydrogen) atoms. The minimum absolute atomic E-state index is 0.158. The van der Waals surface area contributed by atoms with Gasteiger partial charge in [-0.2, -0.15) is 0 Å². The highest BCUT2D eigenvalue weighted by atomic mass is 16.5. The van der Waals surface area contributed by atoms with Crippen LogP contribution in [0.4, 0.5) is 5.69 Å². The molecule has 0 aliphatic rings. The maximum atomic E-state index is 8.76. The molecule has 2 rings (SSSR count). The van der Waals surface area contributed by atoms with Crippen LogP contribution >= 0.6 is 0 Å². The lowest BCUT2D eigenvalue weighted by Gasteiger charge is -2.05. The first kappa shape index (κ1) is 14.3. The van der Waals surface area contributed by atoms with Gasteiger partial charge in [0.1, 0.15) is 5.69 Å². The van der Waals surface area contributed by atoms with Gasteiger partial charge in [0.2, 0.25) is 5.88 Å². The maximum Gasteiger partial charge on any atom is 0.213 e. The maximum absolute atomic E-state index is 8.76. The minimum Gasteiger partial charge on any atom is -0.478 e. The second-order valence-electron chi connectivity index (χ2n) is 4.22. The Balaban J connectivity index is 1.83. The Bertz CT molecular complexity index is 512. The van der Waals surface area contributed by atoms with E-state index in [1.54, 1.807) is 10.9 Å². The molecular weight excluding hydrogens is 258 g/mol. The largest absolute Gasteiger partial charge is 0.478 e. The summed E-state index contributed by atoms with van der Waals surface area (Å²) < 4.78 is 7.01. The topological polar surface area (TPSA) is 85.1 Å². The SMILES string of the molecule is CCOc1ccc(NCc2cn(CCCO)nn2)cn1. The molecule has 0 unspecified atom stereocenters. The van der Waals surface area contributed by atoms with E-state index in [2.05, 4.69) is 20.6 Å². The third-order valence-corrected chi connectivity index (χ3v) is 2.63. The summed E-state index contributed by atoms with van der Waals surface area (Å²) in [5.41, 5.74) is 1.75. The predicted octanol–water partition coefficient (Wildman–Crippen LogP) is 1.07. The molecule has 0 aliphatic carbocycles. The Labute approximate surface area is 117 Å². The number of anilines is 1. The summed E-state index contributed by atoms with van der Waals surface area (Å²) in [6, 6.07) is 3.73. The minimum atomic E-state index is 0.158. The molecule has 7 heteroatoms. The standard InChI is InChI=1S/C13H19N5O2/c1-2-20-13-5-4-11(8-15-13)14-9-12-10-18(17-16-12)6-3-7-19/h4-5,8,10,14,19H,2-3,6-7,9H2,1H3. The molecule has 108 valence electrons. The summed E-state index contributed by atoms with van der Waals surface area (Å²) in [5.74, 6) is 0.619. The molecule has 0 bridgehead atoms. The smallest absolute Gasteiger partial charge is 0.213 e. The fourth-order valence-electron chi connectivity index (χ4n) is 1.67. The zero-order chi connectivity index (χ0) is 14.2. The van der Waals surface area contributed by atoms with Crippen molar-refractivity contribution in [1.82, 2.24) is 20.0 Å². The van der Waals surface area contributed by atoms with Crippen LogP contribution in [0.3, 0.4) is 0 Å². The molecular formula is C13H19N5O2. The van der Waals surface area contributed by atoms with Crippen LogP contribution in [0.1, 0.15) is 19.0 Å². The van der Waals surface area contributed by atoms with E-state index >= 15 is 0 Å². The third kappa shape index (κ3) is 4.20. The van der Waals surface area contributed by atoms with E-state index in [9.17, 15) is 0 Å². The van der Waals surface area contributed by atoms with Crippen LogP contribution in [0.5, 0.6) is 5.88 Å². The van der Waals surface area contributed by atoms with Crippen molar-refractivity contribution >= 4 is 5.69 Å². The normalized spacial score (nSPS) is 10.5. The Morgan fingerprint density at radius 2 is 2.30 bits per heavy atom. The van der Waals surface area contributed by atoms with Crippen molar-refractivity contribution in [3.8, 4) is 5.88 Å². The molecule has 0 amide bonds. The monoisotopic (exact) mass is 277 g/mol. The number of hydrogen-bond acceptors (Lipinski definition) is 6. The Hall–Kier alpha value is -2.15. The zero-order valence-corrected chi connectivity index (χ0v) is 11.5. The molecule has 0 radical (unpaired) electrons. The number of aromatic nitrogens is 4. The highest BCUT2D eigenvalue weighted by Crippen LogP contribution is 2.12. The van der Waals surface area contributed by atoms with Crippen molar-refractivity contribution in [3.63, 3.8) is 0 Å². The van der Waals surface area contributed by atoms with Gasteiger partial charge in [-0.15, -0.1) is 5.10 Å². The van der Waals surface area contributed by atoms with Crippen molar-refractivity contribution in [2.24, 2.45) is 0 Å². The summed E-state index contributed by atoms with van der Waals surface area (Å²) >= 11 is 0. The van der Waals surface area contributed by atoms with Gasteiger partial charge in [-0.25, -0.2) is 4.98 Å².